The normalized spacial score (nSPS) is 10.4. The van der Waals surface area contributed by atoms with Gasteiger partial charge in [-0.2, -0.15) is 0 Å². The van der Waals surface area contributed by atoms with E-state index in [0.717, 1.165) is 0 Å². The van der Waals surface area contributed by atoms with Crippen LogP contribution in [-0.4, -0.2) is 14.5 Å². The number of aryl methyl sites for hydroxylation is 1. The molecule has 2 rings (SSSR count). The molecule has 0 amide bonds. The van der Waals surface area contributed by atoms with Crippen LogP contribution in [0.3, 0.4) is 0 Å². The van der Waals surface area contributed by atoms with Crippen LogP contribution in [0.1, 0.15) is 5.82 Å². The molecule has 0 radical (unpaired) electrons. The van der Waals surface area contributed by atoms with E-state index in [0.29, 0.717) is 5.82 Å². The van der Waals surface area contributed by atoms with Gasteiger partial charge < -0.3 is 10.1 Å². The number of nitrogens with zero attached hydrogens (tertiary/aromatic N) is 3. The molecule has 0 fully saturated rings. The third-order valence-electron chi connectivity index (χ3n) is 2.17. The topological polar surface area (TPSA) is 61.0 Å². The minimum Gasteiger partial charge on any atom is -0.358 e. The summed E-state index contributed by atoms with van der Waals surface area (Å²) >= 11 is 0. The maximum atomic E-state index is 13.4. The average molecular weight is 221 g/mol. The van der Waals surface area contributed by atoms with Crippen LogP contribution in [0.5, 0.6) is 0 Å². The van der Waals surface area contributed by atoms with E-state index in [1.54, 1.807) is 19.1 Å². The molecule has 0 spiro atoms. The predicted molar refractivity (Wildman–Crippen MR) is 54.9 cm³/mol. The molecule has 0 N–H and O–H groups in total. The molecule has 0 saturated carbocycles. The molecule has 0 aliphatic heterocycles. The van der Waals surface area contributed by atoms with Gasteiger partial charge in [0.05, 0.1) is 5.69 Å². The molecule has 0 aliphatic rings. The molecule has 0 saturated heterocycles. The van der Waals surface area contributed by atoms with E-state index in [9.17, 15) is 14.5 Å². The van der Waals surface area contributed by atoms with Crippen LogP contribution in [0.15, 0.2) is 30.5 Å². The molecule has 82 valence electrons. The van der Waals surface area contributed by atoms with Gasteiger partial charge >= 0.3 is 5.82 Å². The molecule has 0 atom stereocenters. The van der Waals surface area contributed by atoms with Gasteiger partial charge in [-0.1, -0.05) is 12.1 Å². The molecule has 16 heavy (non-hydrogen) atoms. The number of halogens is 1. The lowest BCUT2D eigenvalue weighted by molar-refractivity contribution is -0.389. The van der Waals surface area contributed by atoms with Gasteiger partial charge in [0.2, 0.25) is 5.82 Å². The fourth-order valence-corrected chi connectivity index (χ4v) is 1.44. The molecular formula is C10H8FN3O2. The van der Waals surface area contributed by atoms with Gasteiger partial charge in [-0.3, -0.25) is 4.57 Å². The summed E-state index contributed by atoms with van der Waals surface area (Å²) in [6, 6.07) is 6.04. The van der Waals surface area contributed by atoms with Gasteiger partial charge in [0.25, 0.3) is 0 Å². The summed E-state index contributed by atoms with van der Waals surface area (Å²) in [6.45, 7) is 1.58. The van der Waals surface area contributed by atoms with Gasteiger partial charge in [0, 0.05) is 6.92 Å². The molecule has 6 heteroatoms. The van der Waals surface area contributed by atoms with E-state index in [1.807, 2.05) is 0 Å². The van der Waals surface area contributed by atoms with E-state index in [-0.39, 0.29) is 11.5 Å². The van der Waals surface area contributed by atoms with Gasteiger partial charge in [-0.05, 0) is 22.0 Å². The van der Waals surface area contributed by atoms with E-state index in [4.69, 9.17) is 0 Å². The SMILES string of the molecule is Cc1nc([N+](=O)[O-])cn1-c1ccccc1F. The van der Waals surface area contributed by atoms with Crippen LogP contribution in [0.25, 0.3) is 5.69 Å². The van der Waals surface area contributed by atoms with Crippen molar-refractivity contribution in [1.82, 2.24) is 9.55 Å². The van der Waals surface area contributed by atoms with Crippen LogP contribution in [-0.2, 0) is 0 Å². The van der Waals surface area contributed by atoms with E-state index >= 15 is 0 Å². The molecule has 0 aliphatic carbocycles. The zero-order valence-electron chi connectivity index (χ0n) is 8.42. The molecule has 1 aromatic carbocycles. The van der Waals surface area contributed by atoms with Crippen molar-refractivity contribution in [3.63, 3.8) is 0 Å². The van der Waals surface area contributed by atoms with E-state index < -0.39 is 10.7 Å². The highest BCUT2D eigenvalue weighted by Gasteiger charge is 2.17. The molecule has 0 bridgehead atoms. The molecule has 1 heterocycles. The summed E-state index contributed by atoms with van der Waals surface area (Å²) in [5.41, 5.74) is 0.251. The Balaban J connectivity index is 2.57. The van der Waals surface area contributed by atoms with Crippen molar-refractivity contribution in [2.75, 3.05) is 0 Å². The predicted octanol–water partition coefficient (Wildman–Crippen LogP) is 2.23. The van der Waals surface area contributed by atoms with Gasteiger partial charge in [-0.15, -0.1) is 0 Å². The average Bonchev–Trinajstić information content (AvgIpc) is 2.61. The summed E-state index contributed by atoms with van der Waals surface area (Å²) in [5, 5.41) is 10.5. The monoisotopic (exact) mass is 221 g/mol. The highest BCUT2D eigenvalue weighted by molar-refractivity contribution is 5.37. The quantitative estimate of drug-likeness (QED) is 0.577. The third-order valence-corrected chi connectivity index (χ3v) is 2.17. The summed E-state index contributed by atoms with van der Waals surface area (Å²) in [4.78, 5) is 13.6. The first-order valence-electron chi connectivity index (χ1n) is 4.55. The number of hydrogen-bond donors (Lipinski definition) is 0. The fraction of sp³-hybridized carbons (Fsp3) is 0.100. The molecule has 2 aromatic rings. The summed E-state index contributed by atoms with van der Waals surface area (Å²) in [5.74, 6) is -0.365. The largest absolute Gasteiger partial charge is 0.382 e. The number of nitro groups is 1. The summed E-state index contributed by atoms with van der Waals surface area (Å²) in [6.07, 6.45) is 1.20. The molecular weight excluding hydrogens is 213 g/mol. The molecule has 5 nitrogen and oxygen atoms in total. The molecule has 0 unspecified atom stereocenters. The first-order chi connectivity index (χ1) is 7.59. The number of benzene rings is 1. The molecule has 1 aromatic heterocycles. The summed E-state index contributed by atoms with van der Waals surface area (Å²) < 4.78 is 14.8. The smallest absolute Gasteiger partial charge is 0.358 e. The number of aromatic nitrogens is 2. The Kier molecular flexibility index (Phi) is 2.40. The lowest BCUT2D eigenvalue weighted by Crippen LogP contribution is -1.98. The fourth-order valence-electron chi connectivity index (χ4n) is 1.44. The van der Waals surface area contributed by atoms with Crippen molar-refractivity contribution in [2.45, 2.75) is 6.92 Å². The second kappa shape index (κ2) is 3.73. The zero-order valence-corrected chi connectivity index (χ0v) is 8.42. The number of imidazole rings is 1. The standard InChI is InChI=1S/C10H8FN3O2/c1-7-12-10(14(15)16)6-13(7)9-5-3-2-4-8(9)11/h2-6H,1H3. The number of rotatable bonds is 2. The van der Waals surface area contributed by atoms with Gasteiger partial charge in [0.1, 0.15) is 12.0 Å². The summed E-state index contributed by atoms with van der Waals surface area (Å²) in [7, 11) is 0. The third kappa shape index (κ3) is 1.65. The lowest BCUT2D eigenvalue weighted by atomic mass is 10.3. The van der Waals surface area contributed by atoms with Crippen LogP contribution in [0.4, 0.5) is 10.2 Å². The Bertz CT molecular complexity index is 551. The zero-order chi connectivity index (χ0) is 11.7. The minimum atomic E-state index is -0.607. The Morgan fingerprint density at radius 2 is 2.12 bits per heavy atom. The Morgan fingerprint density at radius 1 is 1.44 bits per heavy atom. The van der Waals surface area contributed by atoms with Gasteiger partial charge in [0.15, 0.2) is 0 Å². The minimum absolute atomic E-state index is 0.251. The second-order valence-electron chi connectivity index (χ2n) is 3.22. The van der Waals surface area contributed by atoms with Crippen molar-refractivity contribution in [2.24, 2.45) is 0 Å². The maximum Gasteiger partial charge on any atom is 0.382 e. The number of para-hydroxylation sites is 1. The van der Waals surface area contributed by atoms with Crippen molar-refractivity contribution in [3.8, 4) is 5.69 Å². The van der Waals surface area contributed by atoms with Crippen molar-refractivity contribution in [1.29, 1.82) is 0 Å². The second-order valence-corrected chi connectivity index (χ2v) is 3.22. The van der Waals surface area contributed by atoms with E-state index in [2.05, 4.69) is 4.98 Å². The Morgan fingerprint density at radius 3 is 2.69 bits per heavy atom. The lowest BCUT2D eigenvalue weighted by Gasteiger charge is -2.02. The number of hydrogen-bond acceptors (Lipinski definition) is 3. The first-order valence-corrected chi connectivity index (χ1v) is 4.55. The van der Waals surface area contributed by atoms with Crippen molar-refractivity contribution >= 4 is 5.82 Å². The highest BCUT2D eigenvalue weighted by Crippen LogP contribution is 2.18. The van der Waals surface area contributed by atoms with Crippen LogP contribution >= 0.6 is 0 Å². The van der Waals surface area contributed by atoms with E-state index in [1.165, 1.54) is 22.9 Å². The van der Waals surface area contributed by atoms with Gasteiger partial charge in [-0.25, -0.2) is 4.39 Å². The van der Waals surface area contributed by atoms with Crippen molar-refractivity contribution in [3.05, 3.63) is 52.2 Å². The highest BCUT2D eigenvalue weighted by atomic mass is 19.1. The van der Waals surface area contributed by atoms with Crippen LogP contribution in [0, 0.1) is 22.9 Å². The van der Waals surface area contributed by atoms with Crippen LogP contribution < -0.4 is 0 Å². The maximum absolute atomic E-state index is 13.4. The Hall–Kier alpha value is -2.24. The first kappa shape index (κ1) is 10.3. The van der Waals surface area contributed by atoms with Crippen molar-refractivity contribution < 1.29 is 9.31 Å². The van der Waals surface area contributed by atoms with Crippen LogP contribution in [0.2, 0.25) is 0 Å². The Labute approximate surface area is 90.3 Å².